The molecule has 0 unspecified atom stereocenters. The number of rotatable bonds is 33. The number of hydrogen-bond acceptors (Lipinski definition) is 15. The number of nitrogens with zero attached hydrogens (tertiary/aromatic N) is 1. The first-order valence-corrected chi connectivity index (χ1v) is 16.1. The molecule has 0 fully saturated rings. The molecule has 18 nitrogen and oxygen atoms in total. The molecule has 49 heavy (non-hydrogen) atoms. The topological polar surface area (TPSA) is 225 Å². The molecule has 0 atom stereocenters. The summed E-state index contributed by atoms with van der Waals surface area (Å²) in [5.74, 6) is 4.60. The lowest BCUT2D eigenvalue weighted by atomic mass is 10.1. The number of phenolic OH excluding ortho intramolecular Hbond substituents is 1. The van der Waals surface area contributed by atoms with Crippen molar-refractivity contribution in [1.82, 2.24) is 20.8 Å². The molecule has 1 aromatic heterocycles. The lowest BCUT2D eigenvalue weighted by molar-refractivity contribution is -0.214. The van der Waals surface area contributed by atoms with Crippen molar-refractivity contribution in [3.05, 3.63) is 41.6 Å². The van der Waals surface area contributed by atoms with Gasteiger partial charge in [-0.25, -0.2) is 0 Å². The smallest absolute Gasteiger partial charge is 0.277 e. The van der Waals surface area contributed by atoms with Crippen molar-refractivity contribution in [1.29, 1.82) is 0 Å². The molecular formula is C31H51N5O13. The summed E-state index contributed by atoms with van der Waals surface area (Å²) in [6, 6.07) is 8.26. The van der Waals surface area contributed by atoms with Crippen LogP contribution in [0.1, 0.15) is 22.5 Å². The van der Waals surface area contributed by atoms with Gasteiger partial charge in [-0.3, -0.25) is 19.6 Å². The monoisotopic (exact) mass is 701 g/mol. The maximum absolute atomic E-state index is 11.9. The number of nitrogens with one attached hydrogen (secondary N) is 3. The number of ether oxygens (including phenoxy) is 8. The Balaban J connectivity index is 1.19. The van der Waals surface area contributed by atoms with E-state index < -0.39 is 0 Å². The average molecular weight is 702 g/mol. The maximum atomic E-state index is 11.9. The highest BCUT2D eigenvalue weighted by atomic mass is 17.3. The third kappa shape index (κ3) is 23.5. The van der Waals surface area contributed by atoms with Gasteiger partial charge in [-0.1, -0.05) is 17.1 Å². The van der Waals surface area contributed by atoms with Crippen LogP contribution in [0.25, 0.3) is 0 Å². The van der Waals surface area contributed by atoms with E-state index in [0.717, 1.165) is 5.56 Å². The molecule has 0 aliphatic heterocycles. The van der Waals surface area contributed by atoms with E-state index in [1.165, 1.54) is 6.07 Å². The third-order valence-corrected chi connectivity index (χ3v) is 6.21. The van der Waals surface area contributed by atoms with Crippen molar-refractivity contribution in [2.75, 3.05) is 119 Å². The molecule has 2 amide bonds. The molecule has 0 saturated carbocycles. The highest BCUT2D eigenvalue weighted by Crippen LogP contribution is 2.09. The second-order valence-corrected chi connectivity index (χ2v) is 9.97. The van der Waals surface area contributed by atoms with Crippen LogP contribution in [0, 0.1) is 0 Å². The van der Waals surface area contributed by atoms with Crippen LogP contribution in [0.3, 0.4) is 0 Å². The summed E-state index contributed by atoms with van der Waals surface area (Å²) in [5, 5.41) is 21.0. The fourth-order valence-corrected chi connectivity index (χ4v) is 3.75. The van der Waals surface area contributed by atoms with Gasteiger partial charge >= 0.3 is 0 Å². The van der Waals surface area contributed by atoms with Gasteiger partial charge in [0.2, 0.25) is 5.91 Å². The van der Waals surface area contributed by atoms with Crippen molar-refractivity contribution >= 4 is 11.8 Å². The van der Waals surface area contributed by atoms with Gasteiger partial charge in [0, 0.05) is 25.6 Å². The van der Waals surface area contributed by atoms with Crippen LogP contribution in [-0.4, -0.2) is 146 Å². The number of hydrogen-bond donors (Lipinski definition) is 5. The zero-order chi connectivity index (χ0) is 35.0. The molecular weight excluding hydrogens is 650 g/mol. The molecule has 0 spiro atoms. The van der Waals surface area contributed by atoms with Gasteiger partial charge in [0.05, 0.1) is 106 Å². The van der Waals surface area contributed by atoms with Crippen LogP contribution in [0.4, 0.5) is 0 Å². The SMILES string of the molecule is NOOc1cc(C(=O)NCCOCCOCCOCCOCCOCCOCCOCCOCCC(=O)NCCc2ccc(O)cc2)[nH]n1. The molecule has 6 N–H and O–H groups in total. The molecule has 278 valence electrons. The molecule has 1 heterocycles. The van der Waals surface area contributed by atoms with Crippen LogP contribution in [0.15, 0.2) is 30.3 Å². The molecule has 0 bridgehead atoms. The number of carbonyl (C=O) groups is 2. The lowest BCUT2D eigenvalue weighted by Crippen LogP contribution is -2.28. The molecule has 2 aromatic rings. The minimum absolute atomic E-state index is 0.0397. The lowest BCUT2D eigenvalue weighted by Gasteiger charge is -2.09. The summed E-state index contributed by atoms with van der Waals surface area (Å²) in [6.07, 6.45) is 0.993. The van der Waals surface area contributed by atoms with Gasteiger partial charge in [0.15, 0.2) is 0 Å². The number of nitrogens with two attached hydrogens (primary N) is 1. The number of phenols is 1. The number of benzene rings is 1. The maximum Gasteiger partial charge on any atom is 0.277 e. The first-order chi connectivity index (χ1) is 24.1. The number of amides is 2. The Bertz CT molecular complexity index is 1090. The predicted octanol–water partition coefficient (Wildman–Crippen LogP) is -0.0890. The van der Waals surface area contributed by atoms with E-state index >= 15 is 0 Å². The van der Waals surface area contributed by atoms with Crippen molar-refractivity contribution < 1.29 is 62.5 Å². The fraction of sp³-hybridized carbons (Fsp3) is 0.645. The third-order valence-electron chi connectivity index (χ3n) is 6.21. The second kappa shape index (κ2) is 29.5. The van der Waals surface area contributed by atoms with E-state index in [9.17, 15) is 14.7 Å². The Morgan fingerprint density at radius 2 is 1.12 bits per heavy atom. The van der Waals surface area contributed by atoms with Crippen LogP contribution in [-0.2, 0) is 54.1 Å². The van der Waals surface area contributed by atoms with Crippen molar-refractivity contribution in [3.8, 4) is 11.6 Å². The average Bonchev–Trinajstić information content (AvgIpc) is 3.57. The van der Waals surface area contributed by atoms with Gasteiger partial charge in [0.25, 0.3) is 11.8 Å². The van der Waals surface area contributed by atoms with E-state index in [2.05, 4.69) is 30.7 Å². The summed E-state index contributed by atoms with van der Waals surface area (Å²) in [6.45, 7) is 7.67. The summed E-state index contributed by atoms with van der Waals surface area (Å²) in [5.41, 5.74) is 1.25. The van der Waals surface area contributed by atoms with E-state index in [-0.39, 0.29) is 29.1 Å². The first kappa shape index (κ1) is 41.7. The standard InChI is InChI=1S/C31H51N5O13/c32-49-48-30-25-28(35-36-30)31(39)34-8-10-41-12-14-43-16-18-45-20-22-47-24-23-46-21-19-44-17-15-42-13-11-40-9-6-29(38)33-7-5-26-1-3-27(37)4-2-26/h1-4,25,37H,5-24,32H2,(H,33,38)(H,34,39)(H,35,36). The largest absolute Gasteiger partial charge is 0.508 e. The quantitative estimate of drug-likeness (QED) is 0.0373. The van der Waals surface area contributed by atoms with Crippen LogP contribution >= 0.6 is 0 Å². The number of aromatic amines is 1. The Kier molecular flexibility index (Phi) is 25.1. The van der Waals surface area contributed by atoms with Crippen LogP contribution < -0.4 is 21.4 Å². The number of H-pyrrole nitrogens is 1. The van der Waals surface area contributed by atoms with Gasteiger partial charge in [0.1, 0.15) is 11.4 Å². The van der Waals surface area contributed by atoms with Crippen LogP contribution in [0.5, 0.6) is 11.6 Å². The minimum Gasteiger partial charge on any atom is -0.508 e. The zero-order valence-electron chi connectivity index (χ0n) is 27.9. The summed E-state index contributed by atoms with van der Waals surface area (Å²) in [7, 11) is 0. The zero-order valence-corrected chi connectivity index (χ0v) is 27.9. The summed E-state index contributed by atoms with van der Waals surface area (Å²) >= 11 is 0. The number of aromatic hydroxyl groups is 1. The minimum atomic E-state index is -0.367. The Hall–Kier alpha value is -3.43. The number of carbonyl (C=O) groups excluding carboxylic acids is 2. The second-order valence-electron chi connectivity index (χ2n) is 9.97. The Labute approximate surface area is 285 Å². The van der Waals surface area contributed by atoms with Gasteiger partial charge in [-0.15, -0.1) is 5.10 Å². The summed E-state index contributed by atoms with van der Waals surface area (Å²) in [4.78, 5) is 32.2. The Morgan fingerprint density at radius 3 is 1.61 bits per heavy atom. The molecule has 18 heteroatoms. The van der Waals surface area contributed by atoms with E-state index in [1.807, 2.05) is 12.1 Å². The van der Waals surface area contributed by atoms with Gasteiger partial charge < -0.3 is 53.6 Å². The molecule has 0 radical (unpaired) electrons. The van der Waals surface area contributed by atoms with Crippen molar-refractivity contribution in [2.24, 2.45) is 5.90 Å². The summed E-state index contributed by atoms with van der Waals surface area (Å²) < 4.78 is 43.5. The molecule has 0 saturated heterocycles. The van der Waals surface area contributed by atoms with Crippen LogP contribution in [0.2, 0.25) is 0 Å². The predicted molar refractivity (Wildman–Crippen MR) is 173 cm³/mol. The van der Waals surface area contributed by atoms with Crippen molar-refractivity contribution in [3.63, 3.8) is 0 Å². The molecule has 1 aromatic carbocycles. The highest BCUT2D eigenvalue weighted by Gasteiger charge is 2.10. The van der Waals surface area contributed by atoms with Gasteiger partial charge in [-0.05, 0) is 24.1 Å². The molecule has 0 aliphatic rings. The van der Waals surface area contributed by atoms with Gasteiger partial charge in [-0.2, -0.15) is 5.90 Å². The molecule has 0 aliphatic carbocycles. The first-order valence-electron chi connectivity index (χ1n) is 16.1. The van der Waals surface area contributed by atoms with E-state index in [1.54, 1.807) is 12.1 Å². The highest BCUT2D eigenvalue weighted by molar-refractivity contribution is 5.92. The normalized spacial score (nSPS) is 11.1. The molecule has 2 rings (SSSR count). The van der Waals surface area contributed by atoms with Crippen molar-refractivity contribution in [2.45, 2.75) is 12.8 Å². The fourth-order valence-electron chi connectivity index (χ4n) is 3.75. The number of aromatic nitrogens is 2. The van der Waals surface area contributed by atoms with E-state index in [0.29, 0.717) is 132 Å². The Morgan fingerprint density at radius 1 is 0.653 bits per heavy atom. The van der Waals surface area contributed by atoms with E-state index in [4.69, 9.17) is 43.8 Å².